The SMILES string of the molecule is COc1cc(CC(=O)N2CC(OCc3ccccc3)CC2C(=O)N2CCN(Cc3nn[nH]n3)CC2)ccc1NC(=O)Nc1ccccc1C. The van der Waals surface area contributed by atoms with Gasteiger partial charge in [0.1, 0.15) is 11.8 Å². The predicted octanol–water partition coefficient (Wildman–Crippen LogP) is 3.23. The number of para-hydroxylation sites is 1. The second kappa shape index (κ2) is 15.7. The lowest BCUT2D eigenvalue weighted by atomic mass is 10.1. The first-order chi connectivity index (χ1) is 23.9. The maximum absolute atomic E-state index is 14.0. The number of ether oxygens (including phenoxy) is 2. The van der Waals surface area contributed by atoms with E-state index in [1.807, 2.05) is 66.4 Å². The second-order valence-electron chi connectivity index (χ2n) is 12.3. The molecule has 3 N–H and O–H groups in total. The number of carbonyl (C=O) groups is 3. The summed E-state index contributed by atoms with van der Waals surface area (Å²) < 4.78 is 11.8. The molecule has 2 atom stereocenters. The van der Waals surface area contributed by atoms with Crippen LogP contribution in [0, 0.1) is 6.92 Å². The number of benzene rings is 3. The van der Waals surface area contributed by atoms with E-state index < -0.39 is 12.1 Å². The summed E-state index contributed by atoms with van der Waals surface area (Å²) in [6.07, 6.45) is 0.188. The van der Waals surface area contributed by atoms with Gasteiger partial charge in [-0.05, 0) is 41.8 Å². The van der Waals surface area contributed by atoms with Crippen molar-refractivity contribution in [2.75, 3.05) is 50.5 Å². The number of hydrogen-bond acceptors (Lipinski definition) is 9. The first-order valence-electron chi connectivity index (χ1n) is 16.4. The molecule has 1 aromatic heterocycles. The smallest absolute Gasteiger partial charge is 0.323 e. The standard InChI is InChI=1S/C35H41N9O5/c1-24-8-6-7-11-28(24)36-35(47)37-29-13-12-26(18-31(29)48-2)19-33(45)44-21-27(49-23-25-9-4-3-5-10-25)20-30(44)34(46)43-16-14-42(15-17-43)22-32-38-40-41-39-32/h3-13,18,27,30H,14-17,19-23H2,1-2H3,(H2,36,37,47)(H,38,39,40,41). The Morgan fingerprint density at radius 1 is 0.918 bits per heavy atom. The molecule has 4 aromatic rings. The molecule has 2 unspecified atom stereocenters. The minimum atomic E-state index is -0.634. The van der Waals surface area contributed by atoms with E-state index in [2.05, 4.69) is 36.2 Å². The molecule has 3 aromatic carbocycles. The summed E-state index contributed by atoms with van der Waals surface area (Å²) in [5.74, 6) is 0.772. The van der Waals surface area contributed by atoms with Gasteiger partial charge in [0.2, 0.25) is 11.8 Å². The monoisotopic (exact) mass is 667 g/mol. The van der Waals surface area contributed by atoms with Gasteiger partial charge in [-0.25, -0.2) is 4.79 Å². The molecule has 14 heteroatoms. The fourth-order valence-corrected chi connectivity index (χ4v) is 6.22. The van der Waals surface area contributed by atoms with Gasteiger partial charge in [0.25, 0.3) is 0 Å². The summed E-state index contributed by atoms with van der Waals surface area (Å²) in [5.41, 5.74) is 3.83. The largest absolute Gasteiger partial charge is 0.495 e. The minimum Gasteiger partial charge on any atom is -0.495 e. The number of aryl methyl sites for hydroxylation is 1. The number of hydrogen-bond donors (Lipinski definition) is 3. The van der Waals surface area contributed by atoms with Crippen LogP contribution in [0.15, 0.2) is 72.8 Å². The zero-order chi connectivity index (χ0) is 34.2. The van der Waals surface area contributed by atoms with E-state index in [9.17, 15) is 14.4 Å². The maximum atomic E-state index is 14.0. The van der Waals surface area contributed by atoms with Crippen LogP contribution in [0.25, 0.3) is 0 Å². The van der Waals surface area contributed by atoms with E-state index in [1.165, 1.54) is 7.11 Å². The quantitative estimate of drug-likeness (QED) is 0.218. The predicted molar refractivity (Wildman–Crippen MR) is 182 cm³/mol. The summed E-state index contributed by atoms with van der Waals surface area (Å²) in [6.45, 7) is 5.58. The highest BCUT2D eigenvalue weighted by molar-refractivity contribution is 6.01. The third-order valence-electron chi connectivity index (χ3n) is 8.90. The van der Waals surface area contributed by atoms with Crippen LogP contribution in [-0.4, -0.2) is 105 Å². The van der Waals surface area contributed by atoms with Crippen molar-refractivity contribution in [3.8, 4) is 5.75 Å². The number of rotatable bonds is 11. The van der Waals surface area contributed by atoms with Gasteiger partial charge in [-0.15, -0.1) is 10.2 Å². The lowest BCUT2D eigenvalue weighted by Gasteiger charge is -2.36. The number of aromatic amines is 1. The summed E-state index contributed by atoms with van der Waals surface area (Å²) >= 11 is 0. The van der Waals surface area contributed by atoms with Crippen molar-refractivity contribution in [3.05, 3.63) is 95.3 Å². The Hall–Kier alpha value is -5.34. The minimum absolute atomic E-state index is 0.0553. The molecule has 3 heterocycles. The van der Waals surface area contributed by atoms with Crippen LogP contribution in [0.3, 0.4) is 0 Å². The summed E-state index contributed by atoms with van der Waals surface area (Å²) in [6, 6.07) is 21.5. The first kappa shape index (κ1) is 33.6. The van der Waals surface area contributed by atoms with Gasteiger partial charge in [0.05, 0.1) is 38.5 Å². The van der Waals surface area contributed by atoms with E-state index in [1.54, 1.807) is 23.1 Å². The Morgan fingerprint density at radius 3 is 2.41 bits per heavy atom. The average molecular weight is 668 g/mol. The number of nitrogens with zero attached hydrogens (tertiary/aromatic N) is 6. The third-order valence-corrected chi connectivity index (χ3v) is 8.90. The number of nitrogens with one attached hydrogen (secondary N) is 3. The summed E-state index contributed by atoms with van der Waals surface area (Å²) in [4.78, 5) is 46.3. The number of amides is 4. The molecule has 256 valence electrons. The van der Waals surface area contributed by atoms with E-state index in [0.717, 1.165) is 11.1 Å². The molecule has 0 radical (unpaired) electrons. The second-order valence-corrected chi connectivity index (χ2v) is 12.3. The zero-order valence-electron chi connectivity index (χ0n) is 27.7. The van der Waals surface area contributed by atoms with Crippen molar-refractivity contribution < 1.29 is 23.9 Å². The molecule has 0 aliphatic carbocycles. The van der Waals surface area contributed by atoms with Gasteiger partial charge in [0.15, 0.2) is 5.82 Å². The van der Waals surface area contributed by atoms with Crippen LogP contribution in [0.1, 0.15) is 28.9 Å². The highest BCUT2D eigenvalue weighted by Gasteiger charge is 2.42. The molecule has 0 saturated carbocycles. The Morgan fingerprint density at radius 2 is 1.67 bits per heavy atom. The van der Waals surface area contributed by atoms with Crippen molar-refractivity contribution in [2.45, 2.75) is 45.1 Å². The van der Waals surface area contributed by atoms with E-state index in [4.69, 9.17) is 9.47 Å². The van der Waals surface area contributed by atoms with Gasteiger partial charge >= 0.3 is 6.03 Å². The Bertz CT molecular complexity index is 1730. The molecule has 49 heavy (non-hydrogen) atoms. The number of carbonyl (C=O) groups excluding carboxylic acids is 3. The van der Waals surface area contributed by atoms with E-state index in [-0.39, 0.29) is 24.3 Å². The number of H-pyrrole nitrogens is 1. The normalized spacial score (nSPS) is 17.9. The molecule has 0 bridgehead atoms. The third kappa shape index (κ3) is 8.58. The van der Waals surface area contributed by atoms with Gasteiger partial charge in [-0.3, -0.25) is 14.5 Å². The van der Waals surface area contributed by atoms with Gasteiger partial charge in [0, 0.05) is 44.8 Å². The number of likely N-dealkylation sites (tertiary alicyclic amines) is 1. The maximum Gasteiger partial charge on any atom is 0.323 e. The van der Waals surface area contributed by atoms with Crippen molar-refractivity contribution in [1.82, 2.24) is 35.3 Å². The average Bonchev–Trinajstić information content (AvgIpc) is 3.80. The van der Waals surface area contributed by atoms with Crippen molar-refractivity contribution >= 4 is 29.2 Å². The number of urea groups is 1. The summed E-state index contributed by atoms with van der Waals surface area (Å²) in [5, 5.41) is 19.8. The Labute approximate surface area is 284 Å². The van der Waals surface area contributed by atoms with Crippen LogP contribution in [0.4, 0.5) is 16.2 Å². The van der Waals surface area contributed by atoms with E-state index >= 15 is 0 Å². The van der Waals surface area contributed by atoms with Crippen molar-refractivity contribution in [2.24, 2.45) is 0 Å². The highest BCUT2D eigenvalue weighted by Crippen LogP contribution is 2.29. The van der Waals surface area contributed by atoms with Gasteiger partial charge in [-0.1, -0.05) is 59.8 Å². The van der Waals surface area contributed by atoms with Crippen LogP contribution < -0.4 is 15.4 Å². The number of methoxy groups -OCH3 is 1. The first-order valence-corrected chi connectivity index (χ1v) is 16.4. The molecule has 2 aliphatic rings. The number of piperazine rings is 1. The molecular weight excluding hydrogens is 626 g/mol. The molecule has 14 nitrogen and oxygen atoms in total. The van der Waals surface area contributed by atoms with Crippen molar-refractivity contribution in [1.29, 1.82) is 0 Å². The Kier molecular flexibility index (Phi) is 10.8. The molecule has 6 rings (SSSR count). The fraction of sp³-hybridized carbons (Fsp3) is 0.371. The molecule has 2 aliphatic heterocycles. The fourth-order valence-electron chi connectivity index (χ4n) is 6.22. The molecule has 2 saturated heterocycles. The van der Waals surface area contributed by atoms with Gasteiger partial charge in [-0.2, -0.15) is 5.21 Å². The van der Waals surface area contributed by atoms with Gasteiger partial charge < -0.3 is 29.9 Å². The number of aromatic nitrogens is 4. The van der Waals surface area contributed by atoms with Crippen LogP contribution >= 0.6 is 0 Å². The lowest BCUT2D eigenvalue weighted by molar-refractivity contribution is -0.144. The molecule has 4 amide bonds. The van der Waals surface area contributed by atoms with E-state index in [0.29, 0.717) is 80.8 Å². The topological polar surface area (TPSA) is 158 Å². The zero-order valence-corrected chi connectivity index (χ0v) is 27.7. The number of anilines is 2. The molecular formula is C35H41N9O5. The lowest BCUT2D eigenvalue weighted by Crippen LogP contribution is -2.54. The van der Waals surface area contributed by atoms with Crippen LogP contribution in [0.2, 0.25) is 0 Å². The van der Waals surface area contributed by atoms with Crippen molar-refractivity contribution in [3.63, 3.8) is 0 Å². The summed E-state index contributed by atoms with van der Waals surface area (Å²) in [7, 11) is 1.51. The molecule has 0 spiro atoms. The Balaban J connectivity index is 1.11. The van der Waals surface area contributed by atoms with Crippen LogP contribution in [0.5, 0.6) is 5.75 Å². The number of tetrazole rings is 1. The van der Waals surface area contributed by atoms with Crippen LogP contribution in [-0.2, 0) is 33.9 Å². The molecule has 2 fully saturated rings. The highest BCUT2D eigenvalue weighted by atomic mass is 16.5.